The van der Waals surface area contributed by atoms with Crippen molar-refractivity contribution in [3.05, 3.63) is 11.1 Å². The van der Waals surface area contributed by atoms with Gasteiger partial charge in [-0.25, -0.2) is 0 Å². The van der Waals surface area contributed by atoms with Crippen molar-refractivity contribution in [2.75, 3.05) is 32.0 Å². The summed E-state index contributed by atoms with van der Waals surface area (Å²) in [6.07, 6.45) is 1.01. The summed E-state index contributed by atoms with van der Waals surface area (Å²) < 4.78 is 30.8. The molecule has 0 fully saturated rings. The summed E-state index contributed by atoms with van der Waals surface area (Å²) in [7, 11) is -4.44. The summed E-state index contributed by atoms with van der Waals surface area (Å²) in [6.45, 7) is 6.32. The van der Waals surface area contributed by atoms with Gasteiger partial charge in [-0.3, -0.25) is 4.55 Å². The average Bonchev–Trinajstić information content (AvgIpc) is 2.39. The Morgan fingerprint density at radius 2 is 1.76 bits per heavy atom. The van der Waals surface area contributed by atoms with Crippen molar-refractivity contribution in [2.24, 2.45) is 0 Å². The lowest BCUT2D eigenvalue weighted by atomic mass is 10.0. The molecule has 3 N–H and O–H groups in total. The van der Waals surface area contributed by atoms with Crippen molar-refractivity contribution < 1.29 is 32.9 Å². The van der Waals surface area contributed by atoms with E-state index in [1.807, 2.05) is 13.8 Å². The second-order valence-corrected chi connectivity index (χ2v) is 6.33. The third-order valence-electron chi connectivity index (χ3n) is 3.42. The molecule has 124 valence electrons. The fourth-order valence-electron chi connectivity index (χ4n) is 2.14. The van der Waals surface area contributed by atoms with Gasteiger partial charge >= 0.3 is 0 Å². The van der Waals surface area contributed by atoms with E-state index in [0.29, 0.717) is 25.0 Å². The van der Waals surface area contributed by atoms with Crippen LogP contribution in [0.2, 0.25) is 0 Å². The minimum atomic E-state index is -4.44. The van der Waals surface area contributed by atoms with Crippen molar-refractivity contribution in [3.8, 4) is 0 Å². The number of aliphatic carboxylic acids is 1. The summed E-state index contributed by atoms with van der Waals surface area (Å²) in [4.78, 5) is 12.4. The molecule has 0 aliphatic rings. The third-order valence-corrected chi connectivity index (χ3v) is 4.07. The van der Waals surface area contributed by atoms with Gasteiger partial charge in [-0.1, -0.05) is 5.57 Å². The van der Waals surface area contributed by atoms with Gasteiger partial charge in [-0.15, -0.1) is 0 Å². The number of hydrogen-bond acceptors (Lipinski definition) is 5. The van der Waals surface area contributed by atoms with Crippen LogP contribution in [0.5, 0.6) is 0 Å². The van der Waals surface area contributed by atoms with Gasteiger partial charge in [0.1, 0.15) is 5.75 Å². The van der Waals surface area contributed by atoms with Crippen LogP contribution in [0.25, 0.3) is 0 Å². The highest BCUT2D eigenvalue weighted by atomic mass is 32.2. The van der Waals surface area contributed by atoms with Crippen molar-refractivity contribution >= 4 is 16.1 Å². The van der Waals surface area contributed by atoms with E-state index >= 15 is 0 Å². The Bertz CT molecular complexity index is 453. The molecule has 0 amide bonds. The number of rotatable bonds is 11. The zero-order valence-corrected chi connectivity index (χ0v) is 13.4. The second-order valence-electron chi connectivity index (χ2n) is 4.88. The Morgan fingerprint density at radius 1 is 1.19 bits per heavy atom. The van der Waals surface area contributed by atoms with Crippen molar-refractivity contribution in [1.82, 2.24) is 0 Å². The van der Waals surface area contributed by atoms with Crippen LogP contribution in [0, 0.1) is 0 Å². The van der Waals surface area contributed by atoms with Gasteiger partial charge in [0.05, 0.1) is 25.6 Å². The van der Waals surface area contributed by atoms with Crippen LogP contribution in [0.3, 0.4) is 0 Å². The van der Waals surface area contributed by atoms with Crippen LogP contribution in [0.4, 0.5) is 0 Å². The van der Waals surface area contributed by atoms with Gasteiger partial charge in [0, 0.05) is 13.0 Å². The fourth-order valence-corrected chi connectivity index (χ4v) is 2.82. The molecule has 0 bridgehead atoms. The van der Waals surface area contributed by atoms with E-state index < -0.39 is 27.4 Å². The molecule has 0 unspecified atom stereocenters. The number of carbonyl (C=O) groups excluding carboxylic acids is 1. The van der Waals surface area contributed by atoms with Gasteiger partial charge in [0.15, 0.2) is 0 Å². The molecule has 0 aromatic carbocycles. The summed E-state index contributed by atoms with van der Waals surface area (Å²) >= 11 is 0. The van der Waals surface area contributed by atoms with Crippen LogP contribution >= 0.6 is 0 Å². The SMILES string of the molecule is CC[NH+](CC)CCC(CCCO)=C(CS(=O)(=O)O)C(=O)[O-]. The molecule has 0 heterocycles. The van der Waals surface area contributed by atoms with Gasteiger partial charge in [-0.2, -0.15) is 8.42 Å². The first-order valence-corrected chi connectivity index (χ1v) is 8.67. The number of aliphatic hydroxyl groups excluding tert-OH is 1. The number of nitrogens with one attached hydrogen (secondary N) is 1. The lowest BCUT2D eigenvalue weighted by Gasteiger charge is -2.19. The van der Waals surface area contributed by atoms with Gasteiger partial charge in [0.2, 0.25) is 0 Å². The van der Waals surface area contributed by atoms with Gasteiger partial charge in [0.25, 0.3) is 10.1 Å². The molecular weight excluding hydrogens is 298 g/mol. The van der Waals surface area contributed by atoms with Crippen LogP contribution < -0.4 is 10.0 Å². The zero-order valence-electron chi connectivity index (χ0n) is 12.6. The number of carbonyl (C=O) groups is 1. The highest BCUT2D eigenvalue weighted by Crippen LogP contribution is 2.16. The normalized spacial score (nSPS) is 13.4. The van der Waals surface area contributed by atoms with Crippen LogP contribution in [0.1, 0.15) is 33.1 Å². The molecule has 0 aromatic heterocycles. The van der Waals surface area contributed by atoms with Crippen molar-refractivity contribution in [2.45, 2.75) is 33.1 Å². The molecule has 0 saturated carbocycles. The maximum absolute atomic E-state index is 11.2. The smallest absolute Gasteiger partial charge is 0.269 e. The molecular formula is C13H25NO6S. The minimum absolute atomic E-state index is 0.117. The lowest BCUT2D eigenvalue weighted by Crippen LogP contribution is -3.11. The quantitative estimate of drug-likeness (QED) is 0.299. The average molecular weight is 323 g/mol. The molecule has 0 spiro atoms. The summed E-state index contributed by atoms with van der Waals surface area (Å²) in [5, 5.41) is 20.0. The largest absolute Gasteiger partial charge is 0.545 e. The third kappa shape index (κ3) is 8.82. The van der Waals surface area contributed by atoms with E-state index in [-0.39, 0.29) is 13.0 Å². The van der Waals surface area contributed by atoms with E-state index in [0.717, 1.165) is 13.1 Å². The lowest BCUT2D eigenvalue weighted by molar-refractivity contribution is -0.896. The Labute approximate surface area is 126 Å². The van der Waals surface area contributed by atoms with Crippen LogP contribution in [0.15, 0.2) is 11.1 Å². The van der Waals surface area contributed by atoms with Crippen molar-refractivity contribution in [3.63, 3.8) is 0 Å². The summed E-state index contributed by atoms with van der Waals surface area (Å²) in [6, 6.07) is 0. The number of aliphatic hydroxyl groups is 1. The molecule has 0 saturated heterocycles. The van der Waals surface area contributed by atoms with Crippen LogP contribution in [-0.2, 0) is 14.9 Å². The molecule has 8 heteroatoms. The Kier molecular flexibility index (Phi) is 9.43. The van der Waals surface area contributed by atoms with Gasteiger partial charge in [-0.05, 0) is 32.3 Å². The van der Waals surface area contributed by atoms with Crippen molar-refractivity contribution in [1.29, 1.82) is 0 Å². The Morgan fingerprint density at radius 3 is 2.14 bits per heavy atom. The monoisotopic (exact) mass is 323 g/mol. The van der Waals surface area contributed by atoms with E-state index in [9.17, 15) is 18.3 Å². The molecule has 0 aliphatic heterocycles. The molecule has 0 aromatic rings. The summed E-state index contributed by atoms with van der Waals surface area (Å²) in [5.41, 5.74) is 0.0265. The number of quaternary nitrogens is 1. The fraction of sp³-hybridized carbons (Fsp3) is 0.769. The highest BCUT2D eigenvalue weighted by molar-refractivity contribution is 7.86. The maximum atomic E-state index is 11.2. The Balaban J connectivity index is 5.26. The van der Waals surface area contributed by atoms with E-state index in [4.69, 9.17) is 9.66 Å². The highest BCUT2D eigenvalue weighted by Gasteiger charge is 2.17. The standard InChI is InChI=1S/C13H25NO6S/c1-3-14(4-2)8-7-11(6-5-9-15)12(13(16)17)10-21(18,19)20/h15H,3-10H2,1-2H3,(H,16,17)(H,18,19,20). The summed E-state index contributed by atoms with van der Waals surface area (Å²) in [5.74, 6) is -2.54. The zero-order chi connectivity index (χ0) is 16.5. The topological polar surface area (TPSA) is 119 Å². The first-order chi connectivity index (χ1) is 9.75. The number of carboxylic acids is 1. The molecule has 0 rings (SSSR count). The second kappa shape index (κ2) is 9.88. The maximum Gasteiger partial charge on any atom is 0.269 e. The molecule has 7 nitrogen and oxygen atoms in total. The Hall–Kier alpha value is -0.960. The van der Waals surface area contributed by atoms with E-state index in [1.165, 1.54) is 4.90 Å². The number of hydrogen-bond donors (Lipinski definition) is 3. The predicted octanol–water partition coefficient (Wildman–Crippen LogP) is -1.99. The first kappa shape index (κ1) is 20.0. The minimum Gasteiger partial charge on any atom is -0.545 e. The van der Waals surface area contributed by atoms with E-state index in [2.05, 4.69) is 0 Å². The molecule has 0 radical (unpaired) electrons. The van der Waals surface area contributed by atoms with Gasteiger partial charge < -0.3 is 19.9 Å². The molecule has 0 atom stereocenters. The first-order valence-electron chi connectivity index (χ1n) is 7.06. The predicted molar refractivity (Wildman–Crippen MR) is 76.3 cm³/mol. The molecule has 0 aliphatic carbocycles. The van der Waals surface area contributed by atoms with Crippen LogP contribution in [-0.4, -0.2) is 56.0 Å². The molecule has 21 heavy (non-hydrogen) atoms. The van der Waals surface area contributed by atoms with E-state index in [1.54, 1.807) is 0 Å². The number of carboxylic acid groups (broad SMARTS) is 1.